The first-order valence-electron chi connectivity index (χ1n) is 10.5. The van der Waals surface area contributed by atoms with Crippen molar-refractivity contribution in [2.75, 3.05) is 20.3 Å². The highest BCUT2D eigenvalue weighted by molar-refractivity contribution is 5.99. The highest BCUT2D eigenvalue weighted by Crippen LogP contribution is 2.59. The van der Waals surface area contributed by atoms with E-state index in [0.29, 0.717) is 23.4 Å². The van der Waals surface area contributed by atoms with Crippen LogP contribution in [0.5, 0.6) is 0 Å². The van der Waals surface area contributed by atoms with Gasteiger partial charge in [-0.25, -0.2) is 9.59 Å². The van der Waals surface area contributed by atoms with Gasteiger partial charge in [0.2, 0.25) is 0 Å². The Balaban J connectivity index is 1.30. The van der Waals surface area contributed by atoms with Gasteiger partial charge in [0.25, 0.3) is 5.91 Å². The number of amides is 1. The van der Waals surface area contributed by atoms with Crippen LogP contribution in [0.1, 0.15) is 70.6 Å². The molecule has 7 heteroatoms. The minimum atomic E-state index is -0.647. The van der Waals surface area contributed by atoms with Crippen molar-refractivity contribution in [3.05, 3.63) is 22.5 Å². The second-order valence-electron chi connectivity index (χ2n) is 9.39. The Morgan fingerprint density at radius 2 is 1.62 bits per heavy atom. The summed E-state index contributed by atoms with van der Waals surface area (Å²) in [7, 11) is 1.29. The molecule has 0 aliphatic heterocycles. The van der Waals surface area contributed by atoms with Crippen LogP contribution in [0.3, 0.4) is 0 Å². The maximum absolute atomic E-state index is 12.4. The SMILES string of the molecule is COC(=O)c1c(C)[nH]c(C(=O)OCC(=O)NCC23CC4CC(CC(C4)C2)C3)c1C. The first-order valence-corrected chi connectivity index (χ1v) is 10.5. The summed E-state index contributed by atoms with van der Waals surface area (Å²) >= 11 is 0. The maximum atomic E-state index is 12.4. The summed E-state index contributed by atoms with van der Waals surface area (Å²) in [6.07, 6.45) is 7.76. The van der Waals surface area contributed by atoms with E-state index in [1.807, 2.05) is 0 Å². The Morgan fingerprint density at radius 1 is 1.03 bits per heavy atom. The van der Waals surface area contributed by atoms with E-state index < -0.39 is 11.9 Å². The molecule has 0 atom stereocenters. The lowest BCUT2D eigenvalue weighted by molar-refractivity contribution is -0.126. The first-order chi connectivity index (χ1) is 13.8. The van der Waals surface area contributed by atoms with Crippen LogP contribution in [0.2, 0.25) is 0 Å². The number of aryl methyl sites for hydroxylation is 1. The summed E-state index contributed by atoms with van der Waals surface area (Å²) in [4.78, 5) is 39.4. The molecule has 2 N–H and O–H groups in total. The fourth-order valence-electron chi connectivity index (χ4n) is 6.41. The van der Waals surface area contributed by atoms with Gasteiger partial charge >= 0.3 is 11.9 Å². The number of hydrogen-bond acceptors (Lipinski definition) is 5. The molecule has 0 saturated heterocycles. The Hall–Kier alpha value is -2.31. The van der Waals surface area contributed by atoms with Crippen molar-refractivity contribution < 1.29 is 23.9 Å². The molecule has 158 valence electrons. The Bertz CT molecular complexity index is 805. The summed E-state index contributed by atoms with van der Waals surface area (Å²) in [6, 6.07) is 0. The van der Waals surface area contributed by atoms with Crippen molar-refractivity contribution in [3.63, 3.8) is 0 Å². The molecule has 1 heterocycles. The van der Waals surface area contributed by atoms with Crippen molar-refractivity contribution >= 4 is 17.8 Å². The van der Waals surface area contributed by atoms with Gasteiger partial charge in [-0.3, -0.25) is 4.79 Å². The van der Waals surface area contributed by atoms with Crippen LogP contribution in [-0.2, 0) is 14.3 Å². The average molecular weight is 402 g/mol. The van der Waals surface area contributed by atoms with Crippen molar-refractivity contribution in [3.8, 4) is 0 Å². The van der Waals surface area contributed by atoms with E-state index in [-0.39, 0.29) is 23.6 Å². The van der Waals surface area contributed by atoms with Crippen LogP contribution in [0.15, 0.2) is 0 Å². The minimum absolute atomic E-state index is 0.178. The molecular weight excluding hydrogens is 372 g/mol. The minimum Gasteiger partial charge on any atom is -0.465 e. The normalized spacial score (nSPS) is 29.6. The zero-order valence-corrected chi connectivity index (χ0v) is 17.4. The third-order valence-corrected chi connectivity index (χ3v) is 7.19. The van der Waals surface area contributed by atoms with Gasteiger partial charge in [-0.1, -0.05) is 0 Å². The van der Waals surface area contributed by atoms with Crippen molar-refractivity contribution in [2.24, 2.45) is 23.2 Å². The number of aromatic nitrogens is 1. The van der Waals surface area contributed by atoms with Crippen LogP contribution in [0, 0.1) is 37.0 Å². The van der Waals surface area contributed by atoms with Gasteiger partial charge in [-0.05, 0) is 81.1 Å². The molecule has 0 unspecified atom stereocenters. The van der Waals surface area contributed by atoms with Gasteiger partial charge in [-0.15, -0.1) is 0 Å². The molecule has 4 aliphatic rings. The summed E-state index contributed by atoms with van der Waals surface area (Å²) in [5.74, 6) is 1.06. The molecule has 0 aromatic carbocycles. The first kappa shape index (κ1) is 20.0. The van der Waals surface area contributed by atoms with E-state index in [1.165, 1.54) is 45.6 Å². The summed E-state index contributed by atoms with van der Waals surface area (Å²) < 4.78 is 9.94. The lowest BCUT2D eigenvalue weighted by Crippen LogP contribution is -2.51. The third-order valence-electron chi connectivity index (χ3n) is 7.19. The zero-order valence-electron chi connectivity index (χ0n) is 17.4. The molecular formula is C22H30N2O5. The molecule has 4 fully saturated rings. The number of carbonyl (C=O) groups is 3. The van der Waals surface area contributed by atoms with Crippen molar-refractivity contribution in [2.45, 2.75) is 52.4 Å². The molecule has 29 heavy (non-hydrogen) atoms. The molecule has 4 bridgehead atoms. The van der Waals surface area contributed by atoms with Gasteiger partial charge in [0.1, 0.15) is 5.69 Å². The quantitative estimate of drug-likeness (QED) is 0.713. The van der Waals surface area contributed by atoms with Crippen LogP contribution in [-0.4, -0.2) is 43.1 Å². The van der Waals surface area contributed by atoms with E-state index in [4.69, 9.17) is 9.47 Å². The smallest absolute Gasteiger partial charge is 0.355 e. The lowest BCUT2D eigenvalue weighted by Gasteiger charge is -2.56. The van der Waals surface area contributed by atoms with E-state index in [9.17, 15) is 14.4 Å². The second-order valence-corrected chi connectivity index (χ2v) is 9.39. The number of nitrogens with one attached hydrogen (secondary N) is 2. The highest BCUT2D eigenvalue weighted by atomic mass is 16.5. The Kier molecular flexibility index (Phi) is 5.17. The number of esters is 2. The summed E-state index contributed by atoms with van der Waals surface area (Å²) in [5.41, 5.74) is 1.75. The van der Waals surface area contributed by atoms with Crippen molar-refractivity contribution in [1.29, 1.82) is 0 Å². The molecule has 1 aromatic rings. The fraction of sp³-hybridized carbons (Fsp3) is 0.682. The predicted molar refractivity (Wildman–Crippen MR) is 106 cm³/mol. The highest BCUT2D eigenvalue weighted by Gasteiger charge is 2.50. The van der Waals surface area contributed by atoms with Crippen LogP contribution < -0.4 is 5.32 Å². The van der Waals surface area contributed by atoms with E-state index in [2.05, 4.69) is 10.3 Å². The summed E-state index contributed by atoms with van der Waals surface area (Å²) in [6.45, 7) is 3.70. The van der Waals surface area contributed by atoms with Crippen molar-refractivity contribution in [1.82, 2.24) is 10.3 Å². The number of H-pyrrole nitrogens is 1. The number of carbonyl (C=O) groups excluding carboxylic acids is 3. The van der Waals surface area contributed by atoms with Crippen LogP contribution in [0.4, 0.5) is 0 Å². The zero-order chi connectivity index (χ0) is 20.8. The van der Waals surface area contributed by atoms with Crippen LogP contribution >= 0.6 is 0 Å². The lowest BCUT2D eigenvalue weighted by atomic mass is 9.49. The Labute approximate surface area is 170 Å². The van der Waals surface area contributed by atoms with Gasteiger partial charge < -0.3 is 19.8 Å². The van der Waals surface area contributed by atoms with Gasteiger partial charge in [0, 0.05) is 12.2 Å². The predicted octanol–water partition coefficient (Wildman–Crippen LogP) is 2.91. The molecule has 0 radical (unpaired) electrons. The maximum Gasteiger partial charge on any atom is 0.355 e. The molecule has 5 rings (SSSR count). The molecule has 7 nitrogen and oxygen atoms in total. The molecule has 4 saturated carbocycles. The number of rotatable bonds is 6. The largest absolute Gasteiger partial charge is 0.465 e. The second kappa shape index (κ2) is 7.50. The average Bonchev–Trinajstić information content (AvgIpc) is 2.97. The van der Waals surface area contributed by atoms with Crippen LogP contribution in [0.25, 0.3) is 0 Å². The standard InChI is InChI=1S/C22H30N2O5/c1-12-18(20(26)28-3)13(2)24-19(12)21(27)29-10-17(25)23-11-22-7-14-4-15(8-22)6-16(5-14)9-22/h14-16,24H,4-11H2,1-3H3,(H,23,25). The molecule has 4 aliphatic carbocycles. The van der Waals surface area contributed by atoms with Gasteiger partial charge in [0.15, 0.2) is 6.61 Å². The number of aromatic amines is 1. The van der Waals surface area contributed by atoms with E-state index >= 15 is 0 Å². The van der Waals surface area contributed by atoms with Gasteiger partial charge in [-0.2, -0.15) is 0 Å². The fourth-order valence-corrected chi connectivity index (χ4v) is 6.41. The number of ether oxygens (including phenoxy) is 2. The van der Waals surface area contributed by atoms with Gasteiger partial charge in [0.05, 0.1) is 12.7 Å². The summed E-state index contributed by atoms with van der Waals surface area (Å²) in [5, 5.41) is 3.00. The van der Waals surface area contributed by atoms with E-state index in [1.54, 1.807) is 13.8 Å². The molecule has 0 spiro atoms. The molecule has 1 aromatic heterocycles. The number of hydrogen-bond donors (Lipinski definition) is 2. The van der Waals surface area contributed by atoms with E-state index in [0.717, 1.165) is 17.8 Å². The third kappa shape index (κ3) is 3.79. The molecule has 1 amide bonds. The Morgan fingerprint density at radius 3 is 2.17 bits per heavy atom. The topological polar surface area (TPSA) is 97.5 Å². The number of methoxy groups -OCH3 is 1. The monoisotopic (exact) mass is 402 g/mol.